The predicted molar refractivity (Wildman–Crippen MR) is 86.2 cm³/mol. The molecule has 1 aliphatic carbocycles. The van der Waals surface area contributed by atoms with Crippen molar-refractivity contribution in [3.05, 3.63) is 29.8 Å². The van der Waals surface area contributed by atoms with Crippen LogP contribution in [0, 0.1) is 5.92 Å². The largest absolute Gasteiger partial charge is 0.368 e. The van der Waals surface area contributed by atoms with Crippen molar-refractivity contribution in [3.63, 3.8) is 0 Å². The van der Waals surface area contributed by atoms with Gasteiger partial charge in [0.05, 0.1) is 0 Å². The molecule has 1 saturated heterocycles. The van der Waals surface area contributed by atoms with Crippen molar-refractivity contribution in [2.75, 3.05) is 18.5 Å². The SMILES string of the molecule is CCC(NC)c1ccccc1N1CCC2CCCCC21. The monoisotopic (exact) mass is 272 g/mol. The quantitative estimate of drug-likeness (QED) is 0.886. The lowest BCUT2D eigenvalue weighted by atomic mass is 9.85. The van der Waals surface area contributed by atoms with Gasteiger partial charge in [0.25, 0.3) is 0 Å². The van der Waals surface area contributed by atoms with E-state index in [-0.39, 0.29) is 0 Å². The molecule has 3 rings (SSSR count). The van der Waals surface area contributed by atoms with Crippen LogP contribution in [0.1, 0.15) is 57.1 Å². The molecule has 110 valence electrons. The van der Waals surface area contributed by atoms with Gasteiger partial charge in [0.2, 0.25) is 0 Å². The van der Waals surface area contributed by atoms with E-state index < -0.39 is 0 Å². The average molecular weight is 272 g/mol. The summed E-state index contributed by atoms with van der Waals surface area (Å²) in [6.07, 6.45) is 8.26. The molecular weight excluding hydrogens is 244 g/mol. The molecule has 0 spiro atoms. The van der Waals surface area contributed by atoms with Gasteiger partial charge in [0, 0.05) is 24.3 Å². The molecule has 2 nitrogen and oxygen atoms in total. The van der Waals surface area contributed by atoms with E-state index in [0.29, 0.717) is 6.04 Å². The second-order valence-corrected chi connectivity index (χ2v) is 6.40. The zero-order valence-corrected chi connectivity index (χ0v) is 12.9. The first kappa shape index (κ1) is 13.9. The highest BCUT2D eigenvalue weighted by Crippen LogP contribution is 2.41. The standard InChI is InChI=1S/C18H28N2/c1-3-16(19-2)15-9-5-7-11-18(15)20-13-12-14-8-4-6-10-17(14)20/h5,7,9,11,14,16-17,19H,3-4,6,8,10,12-13H2,1-2H3. The molecule has 1 N–H and O–H groups in total. The Balaban J connectivity index is 1.90. The molecule has 1 heterocycles. The van der Waals surface area contributed by atoms with Gasteiger partial charge in [-0.25, -0.2) is 0 Å². The van der Waals surface area contributed by atoms with Crippen LogP contribution < -0.4 is 10.2 Å². The second-order valence-electron chi connectivity index (χ2n) is 6.40. The van der Waals surface area contributed by atoms with Gasteiger partial charge in [0.15, 0.2) is 0 Å². The van der Waals surface area contributed by atoms with Gasteiger partial charge < -0.3 is 10.2 Å². The highest BCUT2D eigenvalue weighted by molar-refractivity contribution is 5.57. The van der Waals surface area contributed by atoms with Gasteiger partial charge in [-0.2, -0.15) is 0 Å². The van der Waals surface area contributed by atoms with E-state index in [1.165, 1.54) is 49.9 Å². The summed E-state index contributed by atoms with van der Waals surface area (Å²) in [6.45, 7) is 3.53. The fourth-order valence-corrected chi connectivity index (χ4v) is 4.33. The van der Waals surface area contributed by atoms with Crippen molar-refractivity contribution < 1.29 is 0 Å². The van der Waals surface area contributed by atoms with Crippen molar-refractivity contribution in [1.29, 1.82) is 0 Å². The Hall–Kier alpha value is -1.02. The maximum atomic E-state index is 3.48. The van der Waals surface area contributed by atoms with Crippen LogP contribution in [0.15, 0.2) is 24.3 Å². The lowest BCUT2D eigenvalue weighted by Crippen LogP contribution is -2.35. The molecule has 1 aromatic carbocycles. The molecule has 3 atom stereocenters. The Morgan fingerprint density at radius 3 is 2.80 bits per heavy atom. The average Bonchev–Trinajstić information content (AvgIpc) is 2.93. The molecule has 3 unspecified atom stereocenters. The summed E-state index contributed by atoms with van der Waals surface area (Å²) in [5.74, 6) is 0.950. The van der Waals surface area contributed by atoms with Crippen LogP contribution in [0.25, 0.3) is 0 Å². The molecule has 2 heteroatoms. The van der Waals surface area contributed by atoms with E-state index in [2.05, 4.69) is 48.5 Å². The van der Waals surface area contributed by atoms with Crippen LogP contribution in [0.5, 0.6) is 0 Å². The van der Waals surface area contributed by atoms with Crippen molar-refractivity contribution in [2.24, 2.45) is 5.92 Å². The summed E-state index contributed by atoms with van der Waals surface area (Å²) >= 11 is 0. The fourth-order valence-electron chi connectivity index (χ4n) is 4.33. The van der Waals surface area contributed by atoms with E-state index in [0.717, 1.165) is 18.4 Å². The normalized spacial score (nSPS) is 27.4. The molecule has 1 aliphatic heterocycles. The summed E-state index contributed by atoms with van der Waals surface area (Å²) in [6, 6.07) is 10.3. The van der Waals surface area contributed by atoms with E-state index in [4.69, 9.17) is 0 Å². The van der Waals surface area contributed by atoms with E-state index in [1.54, 1.807) is 0 Å². The number of rotatable bonds is 4. The Kier molecular flexibility index (Phi) is 4.30. The summed E-state index contributed by atoms with van der Waals surface area (Å²) < 4.78 is 0. The molecule has 20 heavy (non-hydrogen) atoms. The van der Waals surface area contributed by atoms with Gasteiger partial charge >= 0.3 is 0 Å². The second kappa shape index (κ2) is 6.17. The summed E-state index contributed by atoms with van der Waals surface area (Å²) in [5, 5.41) is 3.48. The number of para-hydroxylation sites is 1. The van der Waals surface area contributed by atoms with Gasteiger partial charge in [-0.3, -0.25) is 0 Å². The molecule has 0 amide bonds. The summed E-state index contributed by atoms with van der Waals surface area (Å²) in [5.41, 5.74) is 2.98. The third-order valence-electron chi connectivity index (χ3n) is 5.39. The Morgan fingerprint density at radius 2 is 2.00 bits per heavy atom. The number of hydrogen-bond donors (Lipinski definition) is 1. The predicted octanol–water partition coefficient (Wildman–Crippen LogP) is 4.13. The van der Waals surface area contributed by atoms with Crippen molar-refractivity contribution >= 4 is 5.69 Å². The van der Waals surface area contributed by atoms with Gasteiger partial charge in [0.1, 0.15) is 0 Å². The van der Waals surface area contributed by atoms with Gasteiger partial charge in [-0.05, 0) is 50.3 Å². The first-order valence-corrected chi connectivity index (χ1v) is 8.38. The maximum absolute atomic E-state index is 3.48. The number of anilines is 1. The van der Waals surface area contributed by atoms with E-state index in [1.807, 2.05) is 0 Å². The lowest BCUT2D eigenvalue weighted by molar-refractivity contribution is 0.341. The Morgan fingerprint density at radius 1 is 1.20 bits per heavy atom. The highest BCUT2D eigenvalue weighted by Gasteiger charge is 2.36. The molecule has 1 aromatic rings. The first-order valence-electron chi connectivity index (χ1n) is 8.38. The van der Waals surface area contributed by atoms with Crippen LogP contribution in [-0.2, 0) is 0 Å². The maximum Gasteiger partial charge on any atom is 0.0417 e. The Bertz CT molecular complexity index is 439. The zero-order chi connectivity index (χ0) is 13.9. The summed E-state index contributed by atoms with van der Waals surface area (Å²) in [4.78, 5) is 2.72. The van der Waals surface area contributed by atoms with Crippen molar-refractivity contribution in [3.8, 4) is 0 Å². The topological polar surface area (TPSA) is 15.3 Å². The van der Waals surface area contributed by atoms with Crippen molar-refractivity contribution in [2.45, 2.75) is 57.5 Å². The lowest BCUT2D eigenvalue weighted by Gasteiger charge is -2.35. The molecular formula is C18H28N2. The van der Waals surface area contributed by atoms with Crippen LogP contribution in [-0.4, -0.2) is 19.6 Å². The number of benzene rings is 1. The molecule has 2 aliphatic rings. The third kappa shape index (κ3) is 2.46. The summed E-state index contributed by atoms with van der Waals surface area (Å²) in [7, 11) is 2.08. The minimum absolute atomic E-state index is 0.480. The smallest absolute Gasteiger partial charge is 0.0417 e. The third-order valence-corrected chi connectivity index (χ3v) is 5.39. The minimum atomic E-state index is 0.480. The van der Waals surface area contributed by atoms with Crippen LogP contribution >= 0.6 is 0 Å². The van der Waals surface area contributed by atoms with Gasteiger partial charge in [-0.15, -0.1) is 0 Å². The zero-order valence-electron chi connectivity index (χ0n) is 12.9. The number of fused-ring (bicyclic) bond motifs is 1. The van der Waals surface area contributed by atoms with Crippen molar-refractivity contribution in [1.82, 2.24) is 5.32 Å². The number of hydrogen-bond acceptors (Lipinski definition) is 2. The molecule has 0 bridgehead atoms. The van der Waals surface area contributed by atoms with E-state index in [9.17, 15) is 0 Å². The number of nitrogens with one attached hydrogen (secondary N) is 1. The number of nitrogens with zero attached hydrogens (tertiary/aromatic N) is 1. The molecule has 2 fully saturated rings. The van der Waals surface area contributed by atoms with E-state index >= 15 is 0 Å². The van der Waals surface area contributed by atoms with Crippen LogP contribution in [0.2, 0.25) is 0 Å². The molecule has 0 radical (unpaired) electrons. The fraction of sp³-hybridized carbons (Fsp3) is 0.667. The molecule has 0 aromatic heterocycles. The molecule has 1 saturated carbocycles. The minimum Gasteiger partial charge on any atom is -0.368 e. The Labute approximate surface area is 123 Å². The first-order chi connectivity index (χ1) is 9.85. The van der Waals surface area contributed by atoms with Gasteiger partial charge in [-0.1, -0.05) is 38.0 Å². The van der Waals surface area contributed by atoms with Crippen LogP contribution in [0.4, 0.5) is 5.69 Å². The highest BCUT2D eigenvalue weighted by atomic mass is 15.2. The van der Waals surface area contributed by atoms with Crippen LogP contribution in [0.3, 0.4) is 0 Å².